The van der Waals surface area contributed by atoms with Crippen molar-refractivity contribution in [1.29, 1.82) is 0 Å². The van der Waals surface area contributed by atoms with Crippen LogP contribution in [-0.2, 0) is 12.8 Å². The molecule has 26 heavy (non-hydrogen) atoms. The van der Waals surface area contributed by atoms with Crippen LogP contribution in [0.4, 0.5) is 11.4 Å². The maximum absolute atomic E-state index is 12.7. The van der Waals surface area contributed by atoms with Crippen molar-refractivity contribution < 1.29 is 9.53 Å². The van der Waals surface area contributed by atoms with Crippen molar-refractivity contribution >= 4 is 38.8 Å². The summed E-state index contributed by atoms with van der Waals surface area (Å²) in [4.78, 5) is 18.9. The lowest BCUT2D eigenvalue weighted by Crippen LogP contribution is -2.12. The molecule has 4 rings (SSSR count). The van der Waals surface area contributed by atoms with E-state index in [4.69, 9.17) is 15.5 Å². The van der Waals surface area contributed by atoms with Crippen molar-refractivity contribution in [3.63, 3.8) is 0 Å². The SMILES string of the molecule is COc1cccc(NC(=O)c2sc3nc4c(cc3c2N)CC(C)CC4)c1. The summed E-state index contributed by atoms with van der Waals surface area (Å²) in [6, 6.07) is 9.39. The fourth-order valence-electron chi connectivity index (χ4n) is 3.43. The van der Waals surface area contributed by atoms with Crippen LogP contribution in [0.25, 0.3) is 10.2 Å². The molecule has 134 valence electrons. The van der Waals surface area contributed by atoms with Crippen molar-refractivity contribution in [2.24, 2.45) is 5.92 Å². The van der Waals surface area contributed by atoms with E-state index in [0.717, 1.165) is 35.2 Å². The predicted molar refractivity (Wildman–Crippen MR) is 106 cm³/mol. The highest BCUT2D eigenvalue weighted by atomic mass is 32.1. The van der Waals surface area contributed by atoms with Crippen molar-refractivity contribution in [2.45, 2.75) is 26.2 Å². The third-order valence-corrected chi connectivity index (χ3v) is 5.98. The number of anilines is 2. The maximum atomic E-state index is 12.7. The molecule has 0 bridgehead atoms. The molecule has 2 heterocycles. The van der Waals surface area contributed by atoms with E-state index in [9.17, 15) is 4.79 Å². The topological polar surface area (TPSA) is 77.2 Å². The third-order valence-electron chi connectivity index (χ3n) is 4.87. The highest BCUT2D eigenvalue weighted by Crippen LogP contribution is 2.36. The molecule has 1 aromatic carbocycles. The average Bonchev–Trinajstić information content (AvgIpc) is 2.96. The number of nitrogens with zero attached hydrogens (tertiary/aromatic N) is 1. The lowest BCUT2D eigenvalue weighted by molar-refractivity contribution is 0.103. The monoisotopic (exact) mass is 367 g/mol. The van der Waals surface area contributed by atoms with Crippen LogP contribution in [0.1, 0.15) is 34.3 Å². The van der Waals surface area contributed by atoms with Gasteiger partial charge in [0.2, 0.25) is 0 Å². The Morgan fingerprint density at radius 2 is 2.23 bits per heavy atom. The van der Waals surface area contributed by atoms with Gasteiger partial charge in [-0.2, -0.15) is 0 Å². The Labute approximate surface area is 156 Å². The Morgan fingerprint density at radius 3 is 3.04 bits per heavy atom. The number of fused-ring (bicyclic) bond motifs is 2. The van der Waals surface area contributed by atoms with Crippen LogP contribution in [0.3, 0.4) is 0 Å². The number of benzene rings is 1. The molecule has 1 aliphatic carbocycles. The number of ether oxygens (including phenoxy) is 1. The molecule has 5 nitrogen and oxygen atoms in total. The van der Waals surface area contributed by atoms with E-state index in [1.54, 1.807) is 13.2 Å². The summed E-state index contributed by atoms with van der Waals surface area (Å²) < 4.78 is 5.20. The van der Waals surface area contributed by atoms with E-state index in [1.165, 1.54) is 16.9 Å². The van der Waals surface area contributed by atoms with Gasteiger partial charge in [-0.3, -0.25) is 4.79 Å². The van der Waals surface area contributed by atoms with Crippen LogP contribution in [-0.4, -0.2) is 18.0 Å². The largest absolute Gasteiger partial charge is 0.497 e. The van der Waals surface area contributed by atoms with Gasteiger partial charge in [0, 0.05) is 22.8 Å². The molecule has 3 aromatic rings. The smallest absolute Gasteiger partial charge is 0.267 e. The molecule has 0 radical (unpaired) electrons. The molecule has 1 aliphatic rings. The minimum absolute atomic E-state index is 0.218. The number of carbonyl (C=O) groups is 1. The minimum Gasteiger partial charge on any atom is -0.497 e. The standard InChI is InChI=1S/C20H21N3O2S/c1-11-6-7-16-12(8-11)9-15-17(21)18(26-20(15)23-16)19(24)22-13-4-3-5-14(10-13)25-2/h3-5,9-11H,6-8,21H2,1-2H3,(H,22,24). The molecule has 1 amide bonds. The second-order valence-corrected chi connectivity index (χ2v) is 7.82. The van der Waals surface area contributed by atoms with E-state index in [1.807, 2.05) is 18.2 Å². The van der Waals surface area contributed by atoms with Gasteiger partial charge in [0.25, 0.3) is 5.91 Å². The number of hydrogen-bond acceptors (Lipinski definition) is 5. The lowest BCUT2D eigenvalue weighted by Gasteiger charge is -2.20. The molecule has 0 saturated carbocycles. The van der Waals surface area contributed by atoms with E-state index >= 15 is 0 Å². The number of nitrogens with two attached hydrogens (primary N) is 1. The number of carbonyl (C=O) groups excluding carboxylic acids is 1. The van der Waals surface area contributed by atoms with Gasteiger partial charge >= 0.3 is 0 Å². The van der Waals surface area contributed by atoms with Gasteiger partial charge in [0.1, 0.15) is 15.5 Å². The highest BCUT2D eigenvalue weighted by Gasteiger charge is 2.22. The molecule has 1 unspecified atom stereocenters. The predicted octanol–water partition coefficient (Wildman–Crippen LogP) is 4.26. The van der Waals surface area contributed by atoms with E-state index in [2.05, 4.69) is 18.3 Å². The van der Waals surface area contributed by atoms with Gasteiger partial charge in [-0.05, 0) is 48.9 Å². The Kier molecular flexibility index (Phi) is 4.28. The Morgan fingerprint density at radius 1 is 1.38 bits per heavy atom. The molecular weight excluding hydrogens is 346 g/mol. The summed E-state index contributed by atoms with van der Waals surface area (Å²) in [5, 5.41) is 3.78. The first kappa shape index (κ1) is 16.8. The number of nitrogens with one attached hydrogen (secondary N) is 1. The zero-order valence-corrected chi connectivity index (χ0v) is 15.7. The summed E-state index contributed by atoms with van der Waals surface area (Å²) in [6.45, 7) is 2.26. The van der Waals surface area contributed by atoms with Gasteiger partial charge < -0.3 is 15.8 Å². The number of rotatable bonds is 3. The van der Waals surface area contributed by atoms with Crippen molar-refractivity contribution in [1.82, 2.24) is 4.98 Å². The summed E-state index contributed by atoms with van der Waals surface area (Å²) in [6.07, 6.45) is 3.18. The second-order valence-electron chi connectivity index (χ2n) is 6.83. The maximum Gasteiger partial charge on any atom is 0.267 e. The van der Waals surface area contributed by atoms with Crippen molar-refractivity contribution in [3.8, 4) is 5.75 Å². The van der Waals surface area contributed by atoms with Gasteiger partial charge in [-0.1, -0.05) is 13.0 Å². The number of aryl methyl sites for hydroxylation is 1. The number of amides is 1. The van der Waals surface area contributed by atoms with Gasteiger partial charge in [-0.15, -0.1) is 11.3 Å². The summed E-state index contributed by atoms with van der Waals surface area (Å²) in [5.74, 6) is 1.14. The number of pyridine rings is 1. The van der Waals surface area contributed by atoms with Crippen LogP contribution >= 0.6 is 11.3 Å². The molecule has 1 atom stereocenters. The lowest BCUT2D eigenvalue weighted by atomic mass is 9.87. The number of methoxy groups -OCH3 is 1. The molecule has 0 fully saturated rings. The quantitative estimate of drug-likeness (QED) is 0.725. The molecule has 2 aromatic heterocycles. The second kappa shape index (κ2) is 6.61. The zero-order chi connectivity index (χ0) is 18.3. The Hall–Kier alpha value is -2.60. The van der Waals surface area contributed by atoms with E-state index < -0.39 is 0 Å². The Bertz CT molecular complexity index is 996. The first-order valence-corrected chi connectivity index (χ1v) is 9.53. The molecule has 3 N–H and O–H groups in total. The molecule has 0 aliphatic heterocycles. The summed E-state index contributed by atoms with van der Waals surface area (Å²) in [7, 11) is 1.60. The Balaban J connectivity index is 1.67. The van der Waals surface area contributed by atoms with Crippen LogP contribution in [0.15, 0.2) is 30.3 Å². The van der Waals surface area contributed by atoms with E-state index in [0.29, 0.717) is 27.9 Å². The van der Waals surface area contributed by atoms with Gasteiger partial charge in [0.15, 0.2) is 0 Å². The highest BCUT2D eigenvalue weighted by molar-refractivity contribution is 7.21. The first-order chi connectivity index (χ1) is 12.5. The summed E-state index contributed by atoms with van der Waals surface area (Å²) >= 11 is 1.36. The fraction of sp³-hybridized carbons (Fsp3) is 0.300. The summed E-state index contributed by atoms with van der Waals surface area (Å²) in [5.41, 5.74) is 9.90. The number of nitrogen functional groups attached to an aromatic ring is 1. The molecule has 6 heteroatoms. The average molecular weight is 367 g/mol. The van der Waals surface area contributed by atoms with Crippen LogP contribution in [0.2, 0.25) is 0 Å². The van der Waals surface area contributed by atoms with Crippen molar-refractivity contribution in [2.75, 3.05) is 18.2 Å². The molecular formula is C20H21N3O2S. The first-order valence-electron chi connectivity index (χ1n) is 8.71. The van der Waals surface area contributed by atoms with Crippen LogP contribution < -0.4 is 15.8 Å². The fourth-order valence-corrected chi connectivity index (χ4v) is 4.42. The minimum atomic E-state index is -0.218. The number of hydrogen-bond donors (Lipinski definition) is 2. The molecule has 0 saturated heterocycles. The van der Waals surface area contributed by atoms with Crippen molar-refractivity contribution in [3.05, 3.63) is 46.5 Å². The molecule has 0 spiro atoms. The van der Waals surface area contributed by atoms with Crippen LogP contribution in [0.5, 0.6) is 5.75 Å². The zero-order valence-electron chi connectivity index (χ0n) is 14.8. The van der Waals surface area contributed by atoms with Gasteiger partial charge in [-0.25, -0.2) is 4.98 Å². The van der Waals surface area contributed by atoms with E-state index in [-0.39, 0.29) is 5.91 Å². The third kappa shape index (κ3) is 3.01. The number of aromatic nitrogens is 1. The normalized spacial score (nSPS) is 16.3. The number of thiophene rings is 1. The van der Waals surface area contributed by atoms with Gasteiger partial charge in [0.05, 0.1) is 12.8 Å². The van der Waals surface area contributed by atoms with Crippen LogP contribution in [0, 0.1) is 5.92 Å².